The second-order valence-electron chi connectivity index (χ2n) is 5.49. The Hall–Kier alpha value is -0.770. The summed E-state index contributed by atoms with van der Waals surface area (Å²) in [4.78, 5) is 13.3. The molecule has 0 radical (unpaired) electrons. The minimum absolute atomic E-state index is 0.154. The molecule has 0 fully saturated rings. The molecule has 4 heteroatoms. The highest BCUT2D eigenvalue weighted by molar-refractivity contribution is 5.68. The van der Waals surface area contributed by atoms with Crippen molar-refractivity contribution in [3.8, 4) is 0 Å². The number of carbonyl (C=O) groups excluding carboxylic acids is 1. The molecule has 0 aliphatic carbocycles. The van der Waals surface area contributed by atoms with E-state index in [4.69, 9.17) is 10.5 Å². The largest absolute Gasteiger partial charge is 0.444 e. The van der Waals surface area contributed by atoms with E-state index >= 15 is 0 Å². The zero-order chi connectivity index (χ0) is 12.9. The van der Waals surface area contributed by atoms with Crippen molar-refractivity contribution >= 4 is 6.09 Å². The van der Waals surface area contributed by atoms with Gasteiger partial charge in [0.1, 0.15) is 5.60 Å². The van der Waals surface area contributed by atoms with Crippen molar-refractivity contribution < 1.29 is 9.53 Å². The first-order chi connectivity index (χ1) is 7.13. The van der Waals surface area contributed by atoms with E-state index in [0.29, 0.717) is 0 Å². The summed E-state index contributed by atoms with van der Waals surface area (Å²) in [6.45, 7) is 9.58. The zero-order valence-corrected chi connectivity index (χ0v) is 11.4. The Kier molecular flexibility index (Phi) is 5.79. The van der Waals surface area contributed by atoms with E-state index in [1.807, 2.05) is 34.6 Å². The number of nitrogens with zero attached hydrogens (tertiary/aromatic N) is 1. The van der Waals surface area contributed by atoms with Crippen LogP contribution >= 0.6 is 0 Å². The fourth-order valence-corrected chi connectivity index (χ4v) is 1.21. The summed E-state index contributed by atoms with van der Waals surface area (Å²) in [7, 11) is 1.76. The maximum atomic E-state index is 11.7. The van der Waals surface area contributed by atoms with Crippen molar-refractivity contribution in [2.24, 2.45) is 5.73 Å². The number of hydrogen-bond donors (Lipinski definition) is 1. The predicted octanol–water partition coefficient (Wildman–Crippen LogP) is 2.37. The lowest BCUT2D eigenvalue weighted by Crippen LogP contribution is -2.39. The number of ether oxygens (including phenoxy) is 1. The van der Waals surface area contributed by atoms with Crippen molar-refractivity contribution in [2.75, 3.05) is 7.05 Å². The average molecular weight is 230 g/mol. The number of hydrogen-bond acceptors (Lipinski definition) is 3. The van der Waals surface area contributed by atoms with Crippen LogP contribution in [0.1, 0.15) is 47.5 Å². The van der Waals surface area contributed by atoms with Crippen LogP contribution in [0, 0.1) is 0 Å². The first-order valence-electron chi connectivity index (χ1n) is 5.85. The lowest BCUT2D eigenvalue weighted by molar-refractivity contribution is 0.0227. The topological polar surface area (TPSA) is 55.6 Å². The highest BCUT2D eigenvalue weighted by Gasteiger charge is 2.22. The highest BCUT2D eigenvalue weighted by Crippen LogP contribution is 2.13. The Morgan fingerprint density at radius 1 is 1.31 bits per heavy atom. The molecule has 0 aromatic carbocycles. The van der Waals surface area contributed by atoms with Crippen LogP contribution in [0.2, 0.25) is 0 Å². The molecular formula is C12H26N2O2. The molecule has 2 atom stereocenters. The molecule has 0 aliphatic rings. The normalized spacial score (nSPS) is 15.4. The van der Waals surface area contributed by atoms with Crippen LogP contribution in [0.15, 0.2) is 0 Å². The molecule has 0 unspecified atom stereocenters. The summed E-state index contributed by atoms with van der Waals surface area (Å²) in [5.41, 5.74) is 5.25. The SMILES string of the molecule is C[C@@H](N)CC[C@H](C)N(C)C(=O)OC(C)(C)C. The molecule has 0 heterocycles. The minimum Gasteiger partial charge on any atom is -0.444 e. The highest BCUT2D eigenvalue weighted by atomic mass is 16.6. The van der Waals surface area contributed by atoms with Crippen molar-refractivity contribution in [3.63, 3.8) is 0 Å². The van der Waals surface area contributed by atoms with E-state index in [1.165, 1.54) is 0 Å². The Labute approximate surface area is 99.1 Å². The van der Waals surface area contributed by atoms with Gasteiger partial charge in [-0.25, -0.2) is 4.79 Å². The molecule has 96 valence electrons. The Bertz CT molecular complexity index is 222. The van der Waals surface area contributed by atoms with Crippen LogP contribution in [0.25, 0.3) is 0 Å². The molecule has 16 heavy (non-hydrogen) atoms. The lowest BCUT2D eigenvalue weighted by atomic mass is 10.1. The maximum absolute atomic E-state index is 11.7. The van der Waals surface area contributed by atoms with E-state index in [0.717, 1.165) is 12.8 Å². The standard InChI is InChI=1S/C12H26N2O2/c1-9(13)7-8-10(2)14(6)11(15)16-12(3,4)5/h9-10H,7-8,13H2,1-6H3/t9-,10+/m1/s1. The molecule has 2 N–H and O–H groups in total. The third-order valence-corrected chi connectivity index (χ3v) is 2.38. The first kappa shape index (κ1) is 15.2. The third-order valence-electron chi connectivity index (χ3n) is 2.38. The molecule has 0 spiro atoms. The van der Waals surface area contributed by atoms with Crippen molar-refractivity contribution in [1.82, 2.24) is 4.90 Å². The molecule has 0 rings (SSSR count). The van der Waals surface area contributed by atoms with E-state index in [2.05, 4.69) is 0 Å². The minimum atomic E-state index is -0.438. The zero-order valence-electron chi connectivity index (χ0n) is 11.4. The summed E-state index contributed by atoms with van der Waals surface area (Å²) in [5, 5.41) is 0. The van der Waals surface area contributed by atoms with E-state index in [9.17, 15) is 4.79 Å². The molecule has 0 saturated carbocycles. The molecule has 0 aliphatic heterocycles. The van der Waals surface area contributed by atoms with Gasteiger partial charge in [0.25, 0.3) is 0 Å². The van der Waals surface area contributed by atoms with Crippen LogP contribution < -0.4 is 5.73 Å². The van der Waals surface area contributed by atoms with Gasteiger partial charge in [-0.05, 0) is 47.5 Å². The third kappa shape index (κ3) is 6.67. The molecule has 0 aromatic rings. The predicted molar refractivity (Wildman–Crippen MR) is 66.3 cm³/mol. The fraction of sp³-hybridized carbons (Fsp3) is 0.917. The van der Waals surface area contributed by atoms with Crippen molar-refractivity contribution in [2.45, 2.75) is 65.1 Å². The Morgan fingerprint density at radius 3 is 2.19 bits per heavy atom. The molecule has 0 bridgehead atoms. The quantitative estimate of drug-likeness (QED) is 0.806. The molecule has 0 aromatic heterocycles. The van der Waals surface area contributed by atoms with Crippen molar-refractivity contribution in [3.05, 3.63) is 0 Å². The second kappa shape index (κ2) is 6.09. The summed E-state index contributed by atoms with van der Waals surface area (Å²) < 4.78 is 5.28. The van der Waals surface area contributed by atoms with Gasteiger partial charge in [-0.1, -0.05) is 0 Å². The summed E-state index contributed by atoms with van der Waals surface area (Å²) in [6, 6.07) is 0.329. The van der Waals surface area contributed by atoms with E-state index in [1.54, 1.807) is 11.9 Å². The van der Waals surface area contributed by atoms with Crippen LogP contribution in [-0.2, 0) is 4.74 Å². The smallest absolute Gasteiger partial charge is 0.410 e. The van der Waals surface area contributed by atoms with Crippen LogP contribution in [0.4, 0.5) is 4.79 Å². The van der Waals surface area contributed by atoms with Crippen molar-refractivity contribution in [1.29, 1.82) is 0 Å². The summed E-state index contributed by atoms with van der Waals surface area (Å²) >= 11 is 0. The summed E-state index contributed by atoms with van der Waals surface area (Å²) in [5.74, 6) is 0. The van der Waals surface area contributed by atoms with E-state index in [-0.39, 0.29) is 18.2 Å². The number of rotatable bonds is 4. The van der Waals surface area contributed by atoms with Gasteiger partial charge in [0.05, 0.1) is 0 Å². The van der Waals surface area contributed by atoms with Gasteiger partial charge in [0, 0.05) is 19.1 Å². The maximum Gasteiger partial charge on any atom is 0.410 e. The fourth-order valence-electron chi connectivity index (χ4n) is 1.21. The monoisotopic (exact) mass is 230 g/mol. The van der Waals surface area contributed by atoms with Gasteiger partial charge < -0.3 is 15.4 Å². The van der Waals surface area contributed by atoms with Crippen LogP contribution in [0.3, 0.4) is 0 Å². The van der Waals surface area contributed by atoms with Gasteiger partial charge in [-0.2, -0.15) is 0 Å². The van der Waals surface area contributed by atoms with Gasteiger partial charge >= 0.3 is 6.09 Å². The molecule has 1 amide bonds. The van der Waals surface area contributed by atoms with Crippen LogP contribution in [0.5, 0.6) is 0 Å². The van der Waals surface area contributed by atoms with Crippen LogP contribution in [-0.4, -0.2) is 35.7 Å². The molecular weight excluding hydrogens is 204 g/mol. The Morgan fingerprint density at radius 2 is 1.81 bits per heavy atom. The van der Waals surface area contributed by atoms with Gasteiger partial charge in [0.2, 0.25) is 0 Å². The number of amides is 1. The second-order valence-corrected chi connectivity index (χ2v) is 5.49. The van der Waals surface area contributed by atoms with Gasteiger partial charge in [-0.15, -0.1) is 0 Å². The molecule has 0 saturated heterocycles. The average Bonchev–Trinajstić information content (AvgIpc) is 2.10. The molecule has 4 nitrogen and oxygen atoms in total. The number of carbonyl (C=O) groups is 1. The van der Waals surface area contributed by atoms with E-state index < -0.39 is 5.60 Å². The first-order valence-corrected chi connectivity index (χ1v) is 5.85. The van der Waals surface area contributed by atoms with Gasteiger partial charge in [-0.3, -0.25) is 0 Å². The van der Waals surface area contributed by atoms with Gasteiger partial charge in [0.15, 0.2) is 0 Å². The number of nitrogens with two attached hydrogens (primary N) is 1. The Balaban J connectivity index is 4.12. The summed E-state index contributed by atoms with van der Waals surface area (Å²) in [6.07, 6.45) is 1.53. The lowest BCUT2D eigenvalue weighted by Gasteiger charge is -2.29.